The highest BCUT2D eigenvalue weighted by Crippen LogP contribution is 2.37. The van der Waals surface area contributed by atoms with Crippen molar-refractivity contribution >= 4 is 55.6 Å². The van der Waals surface area contributed by atoms with Crippen LogP contribution in [0.1, 0.15) is 5.56 Å². The topological polar surface area (TPSA) is 78.8 Å². The van der Waals surface area contributed by atoms with Crippen LogP contribution in [-0.2, 0) is 14.6 Å². The Hall–Kier alpha value is -2.03. The molecule has 0 unspecified atom stereocenters. The van der Waals surface area contributed by atoms with Crippen LogP contribution in [0.3, 0.4) is 0 Å². The van der Waals surface area contributed by atoms with Crippen molar-refractivity contribution in [1.82, 2.24) is 0 Å². The quantitative estimate of drug-likeness (QED) is 0.774. The van der Waals surface area contributed by atoms with Crippen LogP contribution in [0.25, 0.3) is 0 Å². The predicted octanol–water partition coefficient (Wildman–Crippen LogP) is 3.36. The van der Waals surface area contributed by atoms with Gasteiger partial charge in [0.1, 0.15) is 6.54 Å². The van der Waals surface area contributed by atoms with Crippen molar-refractivity contribution in [3.05, 3.63) is 59.1 Å². The van der Waals surface area contributed by atoms with Crippen LogP contribution in [0.5, 0.6) is 0 Å². The van der Waals surface area contributed by atoms with Gasteiger partial charge in [-0.15, -0.1) is 0 Å². The molecule has 2 aliphatic heterocycles. The van der Waals surface area contributed by atoms with E-state index in [-0.39, 0.29) is 35.2 Å². The van der Waals surface area contributed by atoms with Crippen molar-refractivity contribution in [2.24, 2.45) is 4.99 Å². The van der Waals surface area contributed by atoms with E-state index in [1.54, 1.807) is 17.0 Å². The summed E-state index contributed by atoms with van der Waals surface area (Å²) >= 11 is 7.57. The third kappa shape index (κ3) is 4.76. The highest BCUT2D eigenvalue weighted by atomic mass is 35.5. The van der Waals surface area contributed by atoms with E-state index in [9.17, 15) is 13.2 Å². The number of amidine groups is 1. The lowest BCUT2D eigenvalue weighted by atomic mass is 10.2. The number of amides is 1. The lowest BCUT2D eigenvalue weighted by molar-refractivity contribution is -0.114. The van der Waals surface area contributed by atoms with Gasteiger partial charge in [0.05, 0.1) is 17.5 Å². The van der Waals surface area contributed by atoms with Gasteiger partial charge < -0.3 is 10.2 Å². The Bertz CT molecular complexity index is 1070. The van der Waals surface area contributed by atoms with Crippen molar-refractivity contribution in [1.29, 1.82) is 0 Å². The van der Waals surface area contributed by atoms with Crippen LogP contribution in [0.15, 0.2) is 53.5 Å². The van der Waals surface area contributed by atoms with Crippen LogP contribution in [-0.4, -0.2) is 48.8 Å². The number of rotatable bonds is 4. The van der Waals surface area contributed by atoms with E-state index >= 15 is 0 Å². The van der Waals surface area contributed by atoms with Gasteiger partial charge in [0.2, 0.25) is 5.91 Å². The Labute approximate surface area is 179 Å². The number of hydrogen-bond donors (Lipinski definition) is 1. The summed E-state index contributed by atoms with van der Waals surface area (Å²) in [5.74, 6) is -0.0108. The molecule has 4 rings (SSSR count). The number of hydrogen-bond acceptors (Lipinski definition) is 6. The normalized spacial score (nSPS) is 22.1. The maximum absolute atomic E-state index is 12.7. The molecular weight excluding hydrogens is 430 g/mol. The van der Waals surface area contributed by atoms with Gasteiger partial charge in [0, 0.05) is 21.6 Å². The van der Waals surface area contributed by atoms with E-state index in [4.69, 9.17) is 11.6 Å². The van der Waals surface area contributed by atoms with Crippen LogP contribution in [0.2, 0.25) is 5.02 Å². The molecule has 29 heavy (non-hydrogen) atoms. The molecule has 2 heterocycles. The minimum absolute atomic E-state index is 0.0479. The third-order valence-corrected chi connectivity index (χ3v) is 8.28. The average molecular weight is 450 g/mol. The molecule has 0 radical (unpaired) electrons. The Kier molecular flexibility index (Phi) is 5.59. The van der Waals surface area contributed by atoms with Crippen molar-refractivity contribution in [3.8, 4) is 0 Å². The van der Waals surface area contributed by atoms with Gasteiger partial charge in [0.25, 0.3) is 0 Å². The van der Waals surface area contributed by atoms with Gasteiger partial charge in [0.15, 0.2) is 15.0 Å². The van der Waals surface area contributed by atoms with Gasteiger partial charge >= 0.3 is 0 Å². The van der Waals surface area contributed by atoms with Gasteiger partial charge in [-0.25, -0.2) is 8.42 Å². The molecule has 0 aromatic heterocycles. The zero-order chi connectivity index (χ0) is 20.6. The molecular formula is C20H20ClN3O3S2. The SMILES string of the molecule is Cc1ccc(NC(=O)CN(C2=N[C@H]3CS(=O)(=O)C[C@H]3S2)c2cccc(Cl)c2)cc1. The van der Waals surface area contributed by atoms with Crippen molar-refractivity contribution in [2.45, 2.75) is 18.2 Å². The lowest BCUT2D eigenvalue weighted by Gasteiger charge is -2.24. The summed E-state index contributed by atoms with van der Waals surface area (Å²) in [7, 11) is -3.04. The molecule has 2 aromatic carbocycles. The van der Waals surface area contributed by atoms with E-state index in [1.165, 1.54) is 11.8 Å². The molecule has 6 nitrogen and oxygen atoms in total. The standard InChI is InChI=1S/C20H20ClN3O3S2/c1-13-5-7-15(8-6-13)22-19(25)10-24(16-4-2-3-14(21)9-16)20-23-17-11-29(26,27)12-18(17)28-20/h2-9,17-18H,10-12H2,1H3,(H,22,25)/t17-,18+/m0/s1. The lowest BCUT2D eigenvalue weighted by Crippen LogP contribution is -2.36. The summed E-state index contributed by atoms with van der Waals surface area (Å²) in [6.07, 6.45) is 0. The first-order valence-corrected chi connectivity index (χ1v) is 12.2. The van der Waals surface area contributed by atoms with Gasteiger partial charge in [-0.3, -0.25) is 9.79 Å². The first-order chi connectivity index (χ1) is 13.8. The van der Waals surface area contributed by atoms with E-state index in [0.29, 0.717) is 10.2 Å². The summed E-state index contributed by atoms with van der Waals surface area (Å²) in [5.41, 5.74) is 2.57. The molecule has 1 amide bonds. The number of fused-ring (bicyclic) bond motifs is 1. The number of nitrogens with zero attached hydrogens (tertiary/aromatic N) is 2. The third-order valence-electron chi connectivity index (χ3n) is 4.79. The monoisotopic (exact) mass is 449 g/mol. The Morgan fingerprint density at radius 1 is 1.24 bits per heavy atom. The minimum atomic E-state index is -3.04. The number of sulfone groups is 1. The van der Waals surface area contributed by atoms with Gasteiger partial charge in [-0.1, -0.05) is 47.1 Å². The summed E-state index contributed by atoms with van der Waals surface area (Å²) < 4.78 is 23.7. The van der Waals surface area contributed by atoms with Gasteiger partial charge in [-0.2, -0.15) is 0 Å². The number of aryl methyl sites for hydroxylation is 1. The number of benzene rings is 2. The summed E-state index contributed by atoms with van der Waals surface area (Å²) in [5, 5.41) is 4.00. The number of halogens is 1. The van der Waals surface area contributed by atoms with E-state index < -0.39 is 9.84 Å². The molecule has 1 fully saturated rings. The molecule has 1 saturated heterocycles. The Balaban J connectivity index is 1.56. The van der Waals surface area contributed by atoms with Crippen LogP contribution >= 0.6 is 23.4 Å². The molecule has 0 spiro atoms. The number of carbonyl (C=O) groups excluding carboxylic acids is 1. The second kappa shape index (κ2) is 8.01. The highest BCUT2D eigenvalue weighted by molar-refractivity contribution is 8.15. The largest absolute Gasteiger partial charge is 0.325 e. The fraction of sp³-hybridized carbons (Fsp3) is 0.300. The van der Waals surface area contributed by atoms with E-state index in [2.05, 4.69) is 10.3 Å². The number of nitrogens with one attached hydrogen (secondary N) is 1. The molecule has 152 valence electrons. The molecule has 0 saturated carbocycles. The Morgan fingerprint density at radius 3 is 2.69 bits per heavy atom. The highest BCUT2D eigenvalue weighted by Gasteiger charge is 2.44. The zero-order valence-electron chi connectivity index (χ0n) is 15.7. The van der Waals surface area contributed by atoms with Crippen molar-refractivity contribution < 1.29 is 13.2 Å². The first-order valence-electron chi connectivity index (χ1n) is 9.13. The Morgan fingerprint density at radius 2 is 2.00 bits per heavy atom. The second-order valence-corrected chi connectivity index (χ2v) is 11.0. The average Bonchev–Trinajstić information content (AvgIpc) is 3.15. The van der Waals surface area contributed by atoms with Crippen LogP contribution in [0, 0.1) is 6.92 Å². The first kappa shape index (κ1) is 20.3. The van der Waals surface area contributed by atoms with E-state index in [1.807, 2.05) is 43.3 Å². The summed E-state index contributed by atoms with van der Waals surface area (Å²) in [4.78, 5) is 19.2. The molecule has 9 heteroatoms. The number of carbonyl (C=O) groups is 1. The summed E-state index contributed by atoms with van der Waals surface area (Å²) in [6, 6.07) is 14.5. The second-order valence-electron chi connectivity index (χ2n) is 7.19. The number of anilines is 2. The molecule has 1 N–H and O–H groups in total. The molecule has 0 aliphatic carbocycles. The molecule has 0 bridgehead atoms. The zero-order valence-corrected chi connectivity index (χ0v) is 18.1. The fourth-order valence-electron chi connectivity index (χ4n) is 3.37. The molecule has 2 aliphatic rings. The molecule has 2 atom stereocenters. The smallest absolute Gasteiger partial charge is 0.244 e. The predicted molar refractivity (Wildman–Crippen MR) is 120 cm³/mol. The van der Waals surface area contributed by atoms with Crippen LogP contribution < -0.4 is 10.2 Å². The maximum atomic E-state index is 12.7. The molecule has 2 aromatic rings. The van der Waals surface area contributed by atoms with Crippen molar-refractivity contribution in [3.63, 3.8) is 0 Å². The van der Waals surface area contributed by atoms with Crippen molar-refractivity contribution in [2.75, 3.05) is 28.3 Å². The van der Waals surface area contributed by atoms with Gasteiger partial charge in [-0.05, 0) is 37.3 Å². The number of thioether (sulfide) groups is 1. The number of aliphatic imine (C=N–C) groups is 1. The van der Waals surface area contributed by atoms with Crippen LogP contribution in [0.4, 0.5) is 11.4 Å². The maximum Gasteiger partial charge on any atom is 0.244 e. The minimum Gasteiger partial charge on any atom is -0.325 e. The fourth-order valence-corrected chi connectivity index (χ4v) is 7.33. The van der Waals surface area contributed by atoms with E-state index in [0.717, 1.165) is 16.9 Å². The summed E-state index contributed by atoms with van der Waals surface area (Å²) in [6.45, 7) is 2.03.